The normalized spacial score (nSPS) is 19.0. The van der Waals surface area contributed by atoms with Crippen molar-refractivity contribution in [3.05, 3.63) is 35.4 Å². The van der Waals surface area contributed by atoms with Crippen LogP contribution in [0.1, 0.15) is 43.2 Å². The highest BCUT2D eigenvalue weighted by Gasteiger charge is 2.42. The first-order valence-corrected chi connectivity index (χ1v) is 6.44. The zero-order valence-corrected chi connectivity index (χ0v) is 10.8. The molecule has 0 aromatic heterocycles. The Labute approximate surface area is 104 Å². The van der Waals surface area contributed by atoms with E-state index in [9.17, 15) is 0 Å². The molecule has 0 radical (unpaired) electrons. The summed E-state index contributed by atoms with van der Waals surface area (Å²) < 4.78 is 5.52. The van der Waals surface area contributed by atoms with Gasteiger partial charge in [0.05, 0.1) is 5.60 Å². The molecule has 1 aliphatic carbocycles. The molecule has 1 saturated carbocycles. The highest BCUT2D eigenvalue weighted by Crippen LogP contribution is 2.42. The summed E-state index contributed by atoms with van der Waals surface area (Å²) in [5.41, 5.74) is 2.77. The van der Waals surface area contributed by atoms with Gasteiger partial charge in [-0.15, -0.1) is 0 Å². The van der Waals surface area contributed by atoms with Crippen molar-refractivity contribution in [1.29, 1.82) is 0 Å². The first-order chi connectivity index (χ1) is 8.19. The highest BCUT2D eigenvalue weighted by molar-refractivity contribution is 5.25. The van der Waals surface area contributed by atoms with Crippen molar-refractivity contribution in [2.24, 2.45) is 0 Å². The summed E-state index contributed by atoms with van der Waals surface area (Å²) in [7, 11) is 1.82. The number of methoxy groups -OCH3 is 1. The second-order valence-electron chi connectivity index (χ2n) is 5.21. The molecule has 1 aromatic rings. The van der Waals surface area contributed by atoms with Gasteiger partial charge in [-0.3, -0.25) is 0 Å². The first-order valence-electron chi connectivity index (χ1n) is 6.44. The van der Waals surface area contributed by atoms with E-state index in [0.717, 1.165) is 12.8 Å². The molecule has 1 unspecified atom stereocenters. The average Bonchev–Trinajstić information content (AvgIpc) is 3.17. The summed E-state index contributed by atoms with van der Waals surface area (Å²) in [6.45, 7) is 2.26. The molecule has 1 aromatic carbocycles. The number of aliphatic hydroxyl groups excluding tert-OH is 1. The molecule has 1 aliphatic rings. The Morgan fingerprint density at radius 1 is 1.29 bits per heavy atom. The van der Waals surface area contributed by atoms with E-state index in [1.165, 1.54) is 24.0 Å². The summed E-state index contributed by atoms with van der Waals surface area (Å²) in [5, 5.41) is 9.09. The number of hydrogen-bond acceptors (Lipinski definition) is 2. The van der Waals surface area contributed by atoms with Gasteiger partial charge in [0, 0.05) is 19.6 Å². The quantitative estimate of drug-likeness (QED) is 0.820. The van der Waals surface area contributed by atoms with Gasteiger partial charge in [-0.2, -0.15) is 0 Å². The van der Waals surface area contributed by atoms with Crippen LogP contribution in [-0.4, -0.2) is 24.4 Å². The lowest BCUT2D eigenvalue weighted by atomic mass is 9.98. The van der Waals surface area contributed by atoms with Gasteiger partial charge in [0.25, 0.3) is 0 Å². The fourth-order valence-corrected chi connectivity index (χ4v) is 2.19. The SMILES string of the molecule is COC1(CCc2ccc(C(C)CO)cc2)CC1. The molecule has 0 aliphatic heterocycles. The molecule has 17 heavy (non-hydrogen) atoms. The lowest BCUT2D eigenvalue weighted by Gasteiger charge is -2.13. The fraction of sp³-hybridized carbons (Fsp3) is 0.600. The molecule has 1 N–H and O–H groups in total. The molecule has 2 nitrogen and oxygen atoms in total. The predicted octanol–water partition coefficient (Wildman–Crippen LogP) is 2.89. The maximum absolute atomic E-state index is 9.09. The Morgan fingerprint density at radius 3 is 2.41 bits per heavy atom. The van der Waals surface area contributed by atoms with Crippen molar-refractivity contribution in [3.8, 4) is 0 Å². The van der Waals surface area contributed by atoms with Crippen molar-refractivity contribution in [3.63, 3.8) is 0 Å². The molecule has 2 rings (SSSR count). The molecule has 0 amide bonds. The van der Waals surface area contributed by atoms with E-state index in [2.05, 4.69) is 24.3 Å². The summed E-state index contributed by atoms with van der Waals surface area (Å²) in [6, 6.07) is 8.60. The van der Waals surface area contributed by atoms with Gasteiger partial charge in [-0.25, -0.2) is 0 Å². The summed E-state index contributed by atoms with van der Waals surface area (Å²) >= 11 is 0. The number of aryl methyl sites for hydroxylation is 1. The van der Waals surface area contributed by atoms with Gasteiger partial charge in [0.1, 0.15) is 0 Å². The number of aliphatic hydroxyl groups is 1. The Morgan fingerprint density at radius 2 is 1.94 bits per heavy atom. The average molecular weight is 234 g/mol. The summed E-state index contributed by atoms with van der Waals surface area (Å²) in [5.74, 6) is 0.234. The maximum Gasteiger partial charge on any atom is 0.0684 e. The molecular weight excluding hydrogens is 212 g/mol. The van der Waals surface area contributed by atoms with Gasteiger partial charge in [-0.1, -0.05) is 31.2 Å². The van der Waals surface area contributed by atoms with Crippen molar-refractivity contribution in [2.45, 2.75) is 44.1 Å². The topological polar surface area (TPSA) is 29.5 Å². The van der Waals surface area contributed by atoms with Crippen LogP contribution >= 0.6 is 0 Å². The lowest BCUT2D eigenvalue weighted by Crippen LogP contribution is -2.12. The number of ether oxygens (including phenoxy) is 1. The van der Waals surface area contributed by atoms with Gasteiger partial charge >= 0.3 is 0 Å². The molecule has 0 heterocycles. The minimum absolute atomic E-state index is 0.192. The van der Waals surface area contributed by atoms with Crippen molar-refractivity contribution >= 4 is 0 Å². The largest absolute Gasteiger partial charge is 0.396 e. The van der Waals surface area contributed by atoms with E-state index in [0.29, 0.717) is 0 Å². The van der Waals surface area contributed by atoms with E-state index in [1.807, 2.05) is 14.0 Å². The zero-order chi connectivity index (χ0) is 12.3. The minimum Gasteiger partial charge on any atom is -0.396 e. The second-order valence-corrected chi connectivity index (χ2v) is 5.21. The van der Waals surface area contributed by atoms with Crippen LogP contribution in [0.4, 0.5) is 0 Å². The molecule has 0 spiro atoms. The maximum atomic E-state index is 9.09. The molecule has 2 heteroatoms. The second kappa shape index (κ2) is 5.19. The van der Waals surface area contributed by atoms with Gasteiger partial charge in [-0.05, 0) is 36.8 Å². The van der Waals surface area contributed by atoms with Crippen LogP contribution in [0.15, 0.2) is 24.3 Å². The Bertz CT molecular complexity index is 352. The summed E-state index contributed by atoms with van der Waals surface area (Å²) in [4.78, 5) is 0. The van der Waals surface area contributed by atoms with E-state index >= 15 is 0 Å². The van der Waals surface area contributed by atoms with E-state index in [-0.39, 0.29) is 18.1 Å². The standard InChI is InChI=1S/C15H22O2/c1-12(11-16)14-5-3-13(4-6-14)7-8-15(17-2)9-10-15/h3-6,12,16H,7-11H2,1-2H3. The van der Waals surface area contributed by atoms with Gasteiger partial charge < -0.3 is 9.84 Å². The number of rotatable bonds is 6. The molecule has 94 valence electrons. The van der Waals surface area contributed by atoms with Crippen molar-refractivity contribution in [2.75, 3.05) is 13.7 Å². The first kappa shape index (κ1) is 12.6. The third-order valence-electron chi connectivity index (χ3n) is 3.93. The lowest BCUT2D eigenvalue weighted by molar-refractivity contribution is 0.0731. The Hall–Kier alpha value is -0.860. The smallest absolute Gasteiger partial charge is 0.0684 e. The van der Waals surface area contributed by atoms with Crippen LogP contribution in [0.3, 0.4) is 0 Å². The Balaban J connectivity index is 1.90. The Kier molecular flexibility index (Phi) is 3.85. The van der Waals surface area contributed by atoms with Gasteiger partial charge in [0.2, 0.25) is 0 Å². The number of benzene rings is 1. The van der Waals surface area contributed by atoms with Crippen molar-refractivity contribution in [1.82, 2.24) is 0 Å². The molecule has 1 fully saturated rings. The molecule has 0 bridgehead atoms. The van der Waals surface area contributed by atoms with Crippen LogP contribution in [0.5, 0.6) is 0 Å². The van der Waals surface area contributed by atoms with E-state index in [4.69, 9.17) is 9.84 Å². The van der Waals surface area contributed by atoms with Crippen LogP contribution < -0.4 is 0 Å². The van der Waals surface area contributed by atoms with Crippen molar-refractivity contribution < 1.29 is 9.84 Å². The van der Waals surface area contributed by atoms with Gasteiger partial charge in [0.15, 0.2) is 0 Å². The van der Waals surface area contributed by atoms with Crippen LogP contribution in [-0.2, 0) is 11.2 Å². The minimum atomic E-state index is 0.192. The van der Waals surface area contributed by atoms with E-state index < -0.39 is 0 Å². The van der Waals surface area contributed by atoms with Crippen LogP contribution in [0.2, 0.25) is 0 Å². The summed E-state index contributed by atoms with van der Waals surface area (Å²) in [6.07, 6.45) is 4.63. The zero-order valence-electron chi connectivity index (χ0n) is 10.8. The molecule has 0 saturated heterocycles. The predicted molar refractivity (Wildman–Crippen MR) is 69.2 cm³/mol. The van der Waals surface area contributed by atoms with Crippen LogP contribution in [0.25, 0.3) is 0 Å². The molecule has 1 atom stereocenters. The third kappa shape index (κ3) is 3.08. The number of hydrogen-bond donors (Lipinski definition) is 1. The van der Waals surface area contributed by atoms with Crippen LogP contribution in [0, 0.1) is 0 Å². The van der Waals surface area contributed by atoms with E-state index in [1.54, 1.807) is 0 Å². The molecular formula is C15H22O2. The monoisotopic (exact) mass is 234 g/mol. The fourth-order valence-electron chi connectivity index (χ4n) is 2.19. The highest BCUT2D eigenvalue weighted by atomic mass is 16.5. The third-order valence-corrected chi connectivity index (χ3v) is 3.93.